The molecule has 0 atom stereocenters. The largest absolute Gasteiger partial charge is 0.396 e. The second kappa shape index (κ2) is 3.84. The lowest BCUT2D eigenvalue weighted by Gasteiger charge is -2.09. The number of carbonyl (C=O) groups is 2. The Labute approximate surface area is 58.4 Å². The summed E-state index contributed by atoms with van der Waals surface area (Å²) in [6.07, 6.45) is -0.0700. The van der Waals surface area contributed by atoms with E-state index in [2.05, 4.69) is 0 Å². The highest BCUT2D eigenvalue weighted by Gasteiger charge is 2.11. The molecule has 0 aromatic rings. The van der Waals surface area contributed by atoms with Crippen LogP contribution in [0.5, 0.6) is 0 Å². The average Bonchev–Trinajstić information content (AvgIpc) is 1.87. The highest BCUT2D eigenvalue weighted by Crippen LogP contribution is 1.87. The SMILES string of the molecule is CN(C(N)=O)C(=O)CCO. The van der Waals surface area contributed by atoms with Gasteiger partial charge in [-0.3, -0.25) is 9.69 Å². The fraction of sp³-hybridized carbons (Fsp3) is 0.600. The van der Waals surface area contributed by atoms with Crippen LogP contribution in [0.3, 0.4) is 0 Å². The highest BCUT2D eigenvalue weighted by molar-refractivity contribution is 5.93. The molecule has 0 spiro atoms. The fourth-order valence-corrected chi connectivity index (χ4v) is 0.386. The number of primary amides is 1. The lowest BCUT2D eigenvalue weighted by Crippen LogP contribution is -2.37. The first kappa shape index (κ1) is 8.90. The number of imide groups is 1. The lowest BCUT2D eigenvalue weighted by molar-refractivity contribution is -0.127. The maximum atomic E-state index is 10.6. The van der Waals surface area contributed by atoms with E-state index >= 15 is 0 Å². The molecule has 0 aliphatic rings. The molecule has 0 bridgehead atoms. The Morgan fingerprint density at radius 1 is 1.60 bits per heavy atom. The van der Waals surface area contributed by atoms with Gasteiger partial charge in [0.25, 0.3) is 0 Å². The molecule has 0 rings (SSSR count). The van der Waals surface area contributed by atoms with Gasteiger partial charge in [-0.25, -0.2) is 4.79 Å². The van der Waals surface area contributed by atoms with E-state index in [1.54, 1.807) is 0 Å². The summed E-state index contributed by atoms with van der Waals surface area (Å²) in [4.78, 5) is 21.7. The predicted octanol–water partition coefficient (Wildman–Crippen LogP) is -1.09. The van der Waals surface area contributed by atoms with E-state index in [0.717, 1.165) is 4.90 Å². The molecule has 0 radical (unpaired) electrons. The minimum absolute atomic E-state index is 0.0700. The molecular weight excluding hydrogens is 136 g/mol. The first-order valence-corrected chi connectivity index (χ1v) is 2.76. The first-order chi connectivity index (χ1) is 4.59. The summed E-state index contributed by atoms with van der Waals surface area (Å²) < 4.78 is 0. The molecule has 10 heavy (non-hydrogen) atoms. The third kappa shape index (κ3) is 2.45. The number of urea groups is 1. The first-order valence-electron chi connectivity index (χ1n) is 2.76. The Balaban J connectivity index is 3.82. The summed E-state index contributed by atoms with van der Waals surface area (Å²) >= 11 is 0. The molecule has 5 heteroatoms. The van der Waals surface area contributed by atoms with Crippen molar-refractivity contribution >= 4 is 11.9 Å². The molecule has 0 saturated carbocycles. The highest BCUT2D eigenvalue weighted by atomic mass is 16.3. The van der Waals surface area contributed by atoms with Gasteiger partial charge >= 0.3 is 6.03 Å². The molecule has 3 N–H and O–H groups in total. The summed E-state index contributed by atoms with van der Waals surface area (Å²) in [6.45, 7) is -0.267. The topological polar surface area (TPSA) is 83.6 Å². The van der Waals surface area contributed by atoms with Crippen LogP contribution >= 0.6 is 0 Å². The van der Waals surface area contributed by atoms with Crippen LogP contribution < -0.4 is 5.73 Å². The summed E-state index contributed by atoms with van der Waals surface area (Å²) in [6, 6.07) is -0.807. The molecule has 5 nitrogen and oxygen atoms in total. The van der Waals surface area contributed by atoms with Gasteiger partial charge in [-0.15, -0.1) is 0 Å². The molecule has 0 aromatic carbocycles. The molecule has 0 saturated heterocycles. The monoisotopic (exact) mass is 146 g/mol. The van der Waals surface area contributed by atoms with E-state index in [1.807, 2.05) is 0 Å². The third-order valence-corrected chi connectivity index (χ3v) is 1.03. The van der Waals surface area contributed by atoms with E-state index in [0.29, 0.717) is 0 Å². The Morgan fingerprint density at radius 3 is 2.40 bits per heavy atom. The van der Waals surface area contributed by atoms with Gasteiger partial charge in [0.1, 0.15) is 0 Å². The summed E-state index contributed by atoms with van der Waals surface area (Å²) in [5, 5.41) is 8.27. The van der Waals surface area contributed by atoms with Crippen molar-refractivity contribution in [3.8, 4) is 0 Å². The maximum Gasteiger partial charge on any atom is 0.321 e. The summed E-state index contributed by atoms with van der Waals surface area (Å²) in [7, 11) is 1.26. The quantitative estimate of drug-likeness (QED) is 0.519. The zero-order valence-electron chi connectivity index (χ0n) is 5.70. The Hall–Kier alpha value is -1.10. The van der Waals surface area contributed by atoms with Gasteiger partial charge in [0.15, 0.2) is 0 Å². The Bertz CT molecular complexity index is 146. The van der Waals surface area contributed by atoms with E-state index < -0.39 is 11.9 Å². The second-order valence-electron chi connectivity index (χ2n) is 1.76. The molecule has 0 fully saturated rings. The van der Waals surface area contributed by atoms with Crippen molar-refractivity contribution in [3.05, 3.63) is 0 Å². The van der Waals surface area contributed by atoms with E-state index in [-0.39, 0.29) is 13.0 Å². The summed E-state index contributed by atoms with van der Waals surface area (Å²) in [5.41, 5.74) is 4.75. The van der Waals surface area contributed by atoms with Crippen LogP contribution in [0, 0.1) is 0 Å². The van der Waals surface area contributed by atoms with Gasteiger partial charge in [-0.05, 0) is 0 Å². The van der Waals surface area contributed by atoms with Crippen molar-refractivity contribution < 1.29 is 14.7 Å². The van der Waals surface area contributed by atoms with Gasteiger partial charge in [0.2, 0.25) is 5.91 Å². The van der Waals surface area contributed by atoms with Crippen LogP contribution in [0.2, 0.25) is 0 Å². The summed E-state index contributed by atoms with van der Waals surface area (Å²) in [5.74, 6) is -0.477. The number of rotatable bonds is 2. The predicted molar refractivity (Wildman–Crippen MR) is 34.1 cm³/mol. The fourth-order valence-electron chi connectivity index (χ4n) is 0.386. The van der Waals surface area contributed by atoms with Crippen molar-refractivity contribution in [1.82, 2.24) is 4.90 Å². The average molecular weight is 146 g/mol. The zero-order valence-corrected chi connectivity index (χ0v) is 5.70. The van der Waals surface area contributed by atoms with Crippen molar-refractivity contribution in [2.24, 2.45) is 5.73 Å². The zero-order chi connectivity index (χ0) is 8.15. The lowest BCUT2D eigenvalue weighted by atomic mass is 10.4. The molecule has 0 unspecified atom stereocenters. The van der Waals surface area contributed by atoms with Crippen LogP contribution in [0.4, 0.5) is 4.79 Å². The minimum atomic E-state index is -0.807. The Morgan fingerprint density at radius 2 is 2.10 bits per heavy atom. The molecule has 3 amide bonds. The van der Waals surface area contributed by atoms with E-state index in [1.165, 1.54) is 7.05 Å². The van der Waals surface area contributed by atoms with Crippen LogP contribution in [0.15, 0.2) is 0 Å². The smallest absolute Gasteiger partial charge is 0.321 e. The molecule has 0 aliphatic heterocycles. The van der Waals surface area contributed by atoms with E-state index in [9.17, 15) is 9.59 Å². The molecule has 0 aliphatic carbocycles. The van der Waals surface area contributed by atoms with Gasteiger partial charge < -0.3 is 10.8 Å². The van der Waals surface area contributed by atoms with Crippen LogP contribution in [-0.2, 0) is 4.79 Å². The maximum absolute atomic E-state index is 10.6. The van der Waals surface area contributed by atoms with Gasteiger partial charge in [-0.2, -0.15) is 0 Å². The third-order valence-electron chi connectivity index (χ3n) is 1.03. The number of hydrogen-bond donors (Lipinski definition) is 2. The molecule has 0 aromatic heterocycles. The van der Waals surface area contributed by atoms with E-state index in [4.69, 9.17) is 10.8 Å². The number of carbonyl (C=O) groups excluding carboxylic acids is 2. The van der Waals surface area contributed by atoms with Gasteiger partial charge in [0.05, 0.1) is 13.0 Å². The normalized spacial score (nSPS) is 9.00. The molecular formula is C5H10N2O3. The number of aliphatic hydroxyl groups is 1. The standard InChI is InChI=1S/C5H10N2O3/c1-7(5(6)10)4(9)2-3-8/h8H,2-3H2,1H3,(H2,6,10). The number of nitrogens with two attached hydrogens (primary N) is 1. The molecule has 0 heterocycles. The second-order valence-corrected chi connectivity index (χ2v) is 1.76. The van der Waals surface area contributed by atoms with Crippen molar-refractivity contribution in [2.45, 2.75) is 6.42 Å². The number of hydrogen-bond acceptors (Lipinski definition) is 3. The number of amides is 3. The van der Waals surface area contributed by atoms with Crippen molar-refractivity contribution in [3.63, 3.8) is 0 Å². The van der Waals surface area contributed by atoms with Gasteiger partial charge in [-0.1, -0.05) is 0 Å². The Kier molecular flexibility index (Phi) is 3.42. The van der Waals surface area contributed by atoms with Crippen molar-refractivity contribution in [1.29, 1.82) is 0 Å². The van der Waals surface area contributed by atoms with Crippen LogP contribution in [-0.4, -0.2) is 35.6 Å². The van der Waals surface area contributed by atoms with Gasteiger partial charge in [0, 0.05) is 7.05 Å². The van der Waals surface area contributed by atoms with Crippen molar-refractivity contribution in [2.75, 3.05) is 13.7 Å². The number of aliphatic hydroxyl groups excluding tert-OH is 1. The van der Waals surface area contributed by atoms with Crippen LogP contribution in [0.25, 0.3) is 0 Å². The minimum Gasteiger partial charge on any atom is -0.396 e. The number of nitrogens with zero attached hydrogens (tertiary/aromatic N) is 1. The molecule has 58 valence electrons. The van der Waals surface area contributed by atoms with Crippen LogP contribution in [0.1, 0.15) is 6.42 Å².